The Hall–Kier alpha value is -2.56. The fourth-order valence-corrected chi connectivity index (χ4v) is 2.12. The summed E-state index contributed by atoms with van der Waals surface area (Å²) < 4.78 is 3.59. The smallest absolute Gasteiger partial charge is 0.244 e. The molecule has 2 heterocycles. The third-order valence-corrected chi connectivity index (χ3v) is 2.98. The Morgan fingerprint density at radius 1 is 1.32 bits per heavy atom. The zero-order valence-corrected chi connectivity index (χ0v) is 10.6. The van der Waals surface area contributed by atoms with Gasteiger partial charge in [-0.15, -0.1) is 0 Å². The number of carbonyl (C=O) groups is 1. The van der Waals surface area contributed by atoms with Crippen LogP contribution in [0.5, 0.6) is 0 Å². The van der Waals surface area contributed by atoms with Crippen LogP contribution in [-0.2, 0) is 18.4 Å². The summed E-state index contributed by atoms with van der Waals surface area (Å²) in [5, 5.41) is 7.97. The standard InChI is InChI=1S/C14H14N4O/c1-17-9-12(8-15-17)16-14(19)10-18-7-6-11-4-2-3-5-13(11)18/h2-9H,10H2,1H3,(H,16,19). The molecule has 0 radical (unpaired) electrons. The molecular weight excluding hydrogens is 240 g/mol. The molecule has 0 spiro atoms. The fourth-order valence-electron chi connectivity index (χ4n) is 2.12. The lowest BCUT2D eigenvalue weighted by molar-refractivity contribution is -0.116. The number of aryl methyl sites for hydroxylation is 1. The maximum atomic E-state index is 12.0. The van der Waals surface area contributed by atoms with E-state index in [4.69, 9.17) is 0 Å². The Morgan fingerprint density at radius 3 is 2.95 bits per heavy atom. The molecule has 0 aliphatic carbocycles. The van der Waals surface area contributed by atoms with E-state index in [1.165, 1.54) is 0 Å². The van der Waals surface area contributed by atoms with Gasteiger partial charge in [-0.3, -0.25) is 9.48 Å². The normalized spacial score (nSPS) is 10.8. The number of carbonyl (C=O) groups excluding carboxylic acids is 1. The van der Waals surface area contributed by atoms with Crippen LogP contribution in [0.25, 0.3) is 10.9 Å². The molecule has 0 unspecified atom stereocenters. The molecule has 3 rings (SSSR count). The third-order valence-electron chi connectivity index (χ3n) is 2.98. The average molecular weight is 254 g/mol. The van der Waals surface area contributed by atoms with E-state index in [1.54, 1.807) is 17.1 Å². The largest absolute Gasteiger partial charge is 0.338 e. The summed E-state index contributed by atoms with van der Waals surface area (Å²) >= 11 is 0. The number of hydrogen-bond acceptors (Lipinski definition) is 2. The molecule has 0 saturated carbocycles. The minimum atomic E-state index is -0.0608. The van der Waals surface area contributed by atoms with Crippen molar-refractivity contribution in [3.8, 4) is 0 Å². The van der Waals surface area contributed by atoms with Crippen molar-refractivity contribution >= 4 is 22.5 Å². The summed E-state index contributed by atoms with van der Waals surface area (Å²) in [6, 6.07) is 10.0. The van der Waals surface area contributed by atoms with Gasteiger partial charge in [0.25, 0.3) is 0 Å². The minimum Gasteiger partial charge on any atom is -0.338 e. The quantitative estimate of drug-likeness (QED) is 0.777. The topological polar surface area (TPSA) is 51.9 Å². The molecule has 0 fully saturated rings. The number of para-hydroxylation sites is 1. The van der Waals surface area contributed by atoms with Gasteiger partial charge in [-0.2, -0.15) is 5.10 Å². The Kier molecular flexibility index (Phi) is 2.79. The second-order valence-electron chi connectivity index (χ2n) is 4.45. The van der Waals surface area contributed by atoms with Crippen LogP contribution < -0.4 is 5.32 Å². The van der Waals surface area contributed by atoms with Gasteiger partial charge in [-0.05, 0) is 17.5 Å². The van der Waals surface area contributed by atoms with Crippen LogP contribution in [0, 0.1) is 0 Å². The first-order valence-corrected chi connectivity index (χ1v) is 6.05. The van der Waals surface area contributed by atoms with E-state index in [-0.39, 0.29) is 5.91 Å². The van der Waals surface area contributed by atoms with Crippen LogP contribution >= 0.6 is 0 Å². The predicted octanol–water partition coefficient (Wildman–Crippen LogP) is 2.01. The monoisotopic (exact) mass is 254 g/mol. The van der Waals surface area contributed by atoms with Gasteiger partial charge in [0.1, 0.15) is 6.54 Å². The van der Waals surface area contributed by atoms with Crippen LogP contribution in [0.4, 0.5) is 5.69 Å². The van der Waals surface area contributed by atoms with Gasteiger partial charge in [0.15, 0.2) is 0 Å². The van der Waals surface area contributed by atoms with Gasteiger partial charge in [0.05, 0.1) is 11.9 Å². The third kappa shape index (κ3) is 2.35. The van der Waals surface area contributed by atoms with E-state index >= 15 is 0 Å². The van der Waals surface area contributed by atoms with Gasteiger partial charge in [-0.25, -0.2) is 0 Å². The first-order chi connectivity index (χ1) is 9.22. The Balaban J connectivity index is 1.76. The summed E-state index contributed by atoms with van der Waals surface area (Å²) in [5.74, 6) is -0.0608. The molecule has 1 amide bonds. The number of aromatic nitrogens is 3. The fraction of sp³-hybridized carbons (Fsp3) is 0.143. The van der Waals surface area contributed by atoms with Crippen molar-refractivity contribution in [1.29, 1.82) is 0 Å². The second kappa shape index (κ2) is 4.61. The maximum absolute atomic E-state index is 12.0. The van der Waals surface area contributed by atoms with E-state index in [0.717, 1.165) is 10.9 Å². The van der Waals surface area contributed by atoms with Crippen LogP contribution in [0.15, 0.2) is 48.9 Å². The first kappa shape index (κ1) is 11.5. The number of benzene rings is 1. The summed E-state index contributed by atoms with van der Waals surface area (Å²) in [6.07, 6.45) is 5.32. The lowest BCUT2D eigenvalue weighted by atomic mass is 10.2. The van der Waals surface area contributed by atoms with Crippen molar-refractivity contribution in [2.45, 2.75) is 6.54 Å². The summed E-state index contributed by atoms with van der Waals surface area (Å²) in [6.45, 7) is 0.294. The molecule has 3 aromatic rings. The van der Waals surface area contributed by atoms with Gasteiger partial charge in [0.2, 0.25) is 5.91 Å². The number of nitrogens with one attached hydrogen (secondary N) is 1. The summed E-state index contributed by atoms with van der Waals surface area (Å²) in [5.41, 5.74) is 1.77. The number of rotatable bonds is 3. The van der Waals surface area contributed by atoms with Gasteiger partial charge in [-0.1, -0.05) is 18.2 Å². The molecule has 1 N–H and O–H groups in total. The molecular formula is C14H14N4O. The van der Waals surface area contributed by atoms with Crippen LogP contribution in [0.3, 0.4) is 0 Å². The highest BCUT2D eigenvalue weighted by atomic mass is 16.1. The molecule has 1 aromatic carbocycles. The molecule has 0 bridgehead atoms. The molecule has 5 nitrogen and oxygen atoms in total. The minimum absolute atomic E-state index is 0.0608. The highest BCUT2D eigenvalue weighted by Gasteiger charge is 2.07. The van der Waals surface area contributed by atoms with Crippen molar-refractivity contribution in [2.24, 2.45) is 7.05 Å². The number of nitrogens with zero attached hydrogens (tertiary/aromatic N) is 3. The van der Waals surface area contributed by atoms with Crippen molar-refractivity contribution < 1.29 is 4.79 Å². The van der Waals surface area contributed by atoms with E-state index in [1.807, 2.05) is 48.1 Å². The van der Waals surface area contributed by atoms with Gasteiger partial charge < -0.3 is 9.88 Å². The molecule has 0 aliphatic rings. The molecule has 96 valence electrons. The zero-order chi connectivity index (χ0) is 13.2. The van der Waals surface area contributed by atoms with Gasteiger partial charge in [0, 0.05) is 25.0 Å². The van der Waals surface area contributed by atoms with E-state index < -0.39 is 0 Å². The Labute approximate surface area is 110 Å². The van der Waals surface area contributed by atoms with Crippen LogP contribution in [0.2, 0.25) is 0 Å². The SMILES string of the molecule is Cn1cc(NC(=O)Cn2ccc3ccccc32)cn1. The molecule has 0 saturated heterocycles. The lowest BCUT2D eigenvalue weighted by Crippen LogP contribution is -2.17. The number of hydrogen-bond donors (Lipinski definition) is 1. The average Bonchev–Trinajstić information content (AvgIpc) is 2.97. The number of fused-ring (bicyclic) bond motifs is 1. The van der Waals surface area contributed by atoms with Gasteiger partial charge >= 0.3 is 0 Å². The summed E-state index contributed by atoms with van der Waals surface area (Å²) in [4.78, 5) is 12.0. The number of anilines is 1. The van der Waals surface area contributed by atoms with Crippen molar-refractivity contribution in [1.82, 2.24) is 14.3 Å². The van der Waals surface area contributed by atoms with E-state index in [2.05, 4.69) is 10.4 Å². The molecule has 2 aromatic heterocycles. The highest BCUT2D eigenvalue weighted by Crippen LogP contribution is 2.15. The Morgan fingerprint density at radius 2 is 2.16 bits per heavy atom. The molecule has 19 heavy (non-hydrogen) atoms. The van der Waals surface area contributed by atoms with Crippen molar-refractivity contribution in [3.05, 3.63) is 48.9 Å². The van der Waals surface area contributed by atoms with Crippen molar-refractivity contribution in [2.75, 3.05) is 5.32 Å². The van der Waals surface area contributed by atoms with E-state index in [9.17, 15) is 4.79 Å². The maximum Gasteiger partial charge on any atom is 0.244 e. The van der Waals surface area contributed by atoms with Crippen LogP contribution in [-0.4, -0.2) is 20.3 Å². The first-order valence-electron chi connectivity index (χ1n) is 6.05. The van der Waals surface area contributed by atoms with E-state index in [0.29, 0.717) is 12.2 Å². The second-order valence-corrected chi connectivity index (χ2v) is 4.45. The highest BCUT2D eigenvalue weighted by molar-refractivity contribution is 5.91. The molecule has 0 atom stereocenters. The predicted molar refractivity (Wildman–Crippen MR) is 73.8 cm³/mol. The van der Waals surface area contributed by atoms with Crippen LogP contribution in [0.1, 0.15) is 0 Å². The molecule has 0 aliphatic heterocycles. The summed E-state index contributed by atoms with van der Waals surface area (Å²) in [7, 11) is 1.81. The lowest BCUT2D eigenvalue weighted by Gasteiger charge is -2.05. The molecule has 5 heteroatoms. The number of amides is 1. The van der Waals surface area contributed by atoms with Crippen molar-refractivity contribution in [3.63, 3.8) is 0 Å². The zero-order valence-electron chi connectivity index (χ0n) is 10.6. The Bertz CT molecular complexity index is 726.